The van der Waals surface area contributed by atoms with Crippen molar-refractivity contribution in [1.82, 2.24) is 14.1 Å². The Morgan fingerprint density at radius 3 is 2.27 bits per heavy atom. The molecule has 0 fully saturated rings. The van der Waals surface area contributed by atoms with Gasteiger partial charge in [-0.15, -0.1) is 11.3 Å². The Hall–Kier alpha value is -4.28. The lowest BCUT2D eigenvalue weighted by atomic mass is 9.99. The van der Waals surface area contributed by atoms with E-state index in [0.29, 0.717) is 39.8 Å². The summed E-state index contributed by atoms with van der Waals surface area (Å²) in [7, 11) is 0. The predicted molar refractivity (Wildman–Crippen MR) is 171 cm³/mol. The van der Waals surface area contributed by atoms with Gasteiger partial charge in [-0.3, -0.25) is 9.36 Å². The van der Waals surface area contributed by atoms with Gasteiger partial charge in [0.15, 0.2) is 0 Å². The van der Waals surface area contributed by atoms with Gasteiger partial charge in [0.25, 0.3) is 5.56 Å². The van der Waals surface area contributed by atoms with Gasteiger partial charge in [-0.25, -0.2) is 19.1 Å². The fourth-order valence-electron chi connectivity index (χ4n) is 5.13. The number of ether oxygens (including phenoxy) is 2. The molecular weight excluding hydrogens is 578 g/mol. The average molecular weight is 616 g/mol. The van der Waals surface area contributed by atoms with Gasteiger partial charge >= 0.3 is 11.7 Å². The zero-order chi connectivity index (χ0) is 31.6. The van der Waals surface area contributed by atoms with E-state index in [1.54, 1.807) is 32.3 Å². The van der Waals surface area contributed by atoms with Gasteiger partial charge in [0.1, 0.15) is 22.2 Å². The number of hydrogen-bond donors (Lipinski definition) is 0. The first kappa shape index (κ1) is 31.2. The lowest BCUT2D eigenvalue weighted by Gasteiger charge is -2.30. The highest BCUT2D eigenvalue weighted by Crippen LogP contribution is 2.36. The number of carbonyl (C=O) groups is 1. The van der Waals surface area contributed by atoms with Gasteiger partial charge in [-0.05, 0) is 58.2 Å². The smallest absolute Gasteiger partial charge is 0.333 e. The molecule has 1 atom stereocenters. The van der Waals surface area contributed by atoms with E-state index in [-0.39, 0.29) is 12.5 Å². The first-order valence-electron chi connectivity index (χ1n) is 14.5. The molecule has 5 rings (SSSR count). The second kappa shape index (κ2) is 12.4. The number of esters is 1. The largest absolute Gasteiger partial charge is 0.458 e. The maximum atomic E-state index is 14.4. The normalized spacial score (nSPS) is 12.9. The minimum Gasteiger partial charge on any atom is -0.458 e. The molecule has 3 heterocycles. The number of benzene rings is 2. The van der Waals surface area contributed by atoms with Crippen molar-refractivity contribution in [2.24, 2.45) is 0 Å². The van der Waals surface area contributed by atoms with Crippen molar-refractivity contribution < 1.29 is 18.7 Å². The summed E-state index contributed by atoms with van der Waals surface area (Å²) in [6, 6.07) is 19.7. The highest BCUT2D eigenvalue weighted by molar-refractivity contribution is 7.22. The third kappa shape index (κ3) is 6.32. The van der Waals surface area contributed by atoms with E-state index in [1.165, 1.54) is 37.6 Å². The van der Waals surface area contributed by atoms with Crippen LogP contribution in [0.4, 0.5) is 0 Å². The Bertz CT molecular complexity index is 1860. The van der Waals surface area contributed by atoms with Crippen LogP contribution in [0.25, 0.3) is 21.0 Å². The molecule has 44 heavy (non-hydrogen) atoms. The minimum atomic E-state index is -1.60. The van der Waals surface area contributed by atoms with Crippen LogP contribution in [-0.4, -0.2) is 32.3 Å². The van der Waals surface area contributed by atoms with E-state index in [0.717, 1.165) is 15.7 Å². The van der Waals surface area contributed by atoms with E-state index in [4.69, 9.17) is 13.9 Å². The summed E-state index contributed by atoms with van der Waals surface area (Å²) in [5.74, 6) is -0.573. The number of hydrogen-bond acceptors (Lipinski definition) is 8. The van der Waals surface area contributed by atoms with Crippen molar-refractivity contribution in [2.75, 3.05) is 6.61 Å². The number of thiophene rings is 1. The molecule has 0 radical (unpaired) electrons. The van der Waals surface area contributed by atoms with Gasteiger partial charge < -0.3 is 13.9 Å². The van der Waals surface area contributed by atoms with Gasteiger partial charge in [0, 0.05) is 12.5 Å². The van der Waals surface area contributed by atoms with Crippen molar-refractivity contribution in [3.63, 3.8) is 0 Å². The first-order chi connectivity index (χ1) is 20.9. The highest BCUT2D eigenvalue weighted by Gasteiger charge is 2.39. The quantitative estimate of drug-likeness (QED) is 0.171. The molecule has 10 heteroatoms. The third-order valence-corrected chi connectivity index (χ3v) is 8.70. The lowest BCUT2D eigenvalue weighted by Crippen LogP contribution is -2.54. The Kier molecular flexibility index (Phi) is 8.76. The molecular formula is C34H37N3O6S. The van der Waals surface area contributed by atoms with E-state index in [1.807, 2.05) is 60.7 Å². The molecule has 2 aromatic carbocycles. The van der Waals surface area contributed by atoms with Crippen molar-refractivity contribution in [1.29, 1.82) is 0 Å². The van der Waals surface area contributed by atoms with Gasteiger partial charge in [0.05, 0.1) is 29.7 Å². The molecule has 0 bridgehead atoms. The molecule has 0 spiro atoms. The van der Waals surface area contributed by atoms with Gasteiger partial charge in [-0.2, -0.15) is 0 Å². The molecule has 9 nitrogen and oxygen atoms in total. The number of fused-ring (bicyclic) bond motifs is 1. The molecule has 0 aliphatic carbocycles. The molecule has 5 aromatic rings. The van der Waals surface area contributed by atoms with Crippen LogP contribution < -0.4 is 11.2 Å². The maximum Gasteiger partial charge on any atom is 0.333 e. The summed E-state index contributed by atoms with van der Waals surface area (Å²) in [5.41, 5.74) is -0.950. The van der Waals surface area contributed by atoms with E-state index < -0.39 is 28.4 Å². The topological polar surface area (TPSA) is 106 Å². The SMILES string of the molecule is Cc1c(-c2ncco2)sc2c1c(=O)n(C(C)(C)C(=O)OC(C)(C)C)c(=O)n2CC(COCc1ccccc1)c1ccccc1. The van der Waals surface area contributed by atoms with Crippen LogP contribution in [0.15, 0.2) is 87.1 Å². The summed E-state index contributed by atoms with van der Waals surface area (Å²) in [6.45, 7) is 11.0. The Morgan fingerprint density at radius 1 is 1.00 bits per heavy atom. The van der Waals surface area contributed by atoms with Gasteiger partial charge in [-0.1, -0.05) is 60.7 Å². The van der Waals surface area contributed by atoms with Crippen LogP contribution >= 0.6 is 11.3 Å². The first-order valence-corrected chi connectivity index (χ1v) is 15.3. The fourth-order valence-corrected chi connectivity index (χ4v) is 6.37. The van der Waals surface area contributed by atoms with Crippen molar-refractivity contribution in [3.8, 4) is 10.8 Å². The molecule has 0 aliphatic heterocycles. The molecule has 0 N–H and O–H groups in total. The van der Waals surface area contributed by atoms with Crippen molar-refractivity contribution in [2.45, 2.75) is 71.8 Å². The molecule has 230 valence electrons. The van der Waals surface area contributed by atoms with Crippen LogP contribution in [0.5, 0.6) is 0 Å². The Morgan fingerprint density at radius 2 is 1.66 bits per heavy atom. The van der Waals surface area contributed by atoms with Crippen LogP contribution in [0.1, 0.15) is 57.2 Å². The van der Waals surface area contributed by atoms with Crippen molar-refractivity contribution >= 4 is 27.5 Å². The number of aromatic nitrogens is 3. The fraction of sp³-hybridized carbons (Fsp3) is 0.353. The number of rotatable bonds is 10. The summed E-state index contributed by atoms with van der Waals surface area (Å²) >= 11 is 1.27. The van der Waals surface area contributed by atoms with Crippen LogP contribution in [0.2, 0.25) is 0 Å². The number of nitrogens with zero attached hydrogens (tertiary/aromatic N) is 3. The molecule has 1 unspecified atom stereocenters. The molecule has 0 aliphatic rings. The summed E-state index contributed by atoms with van der Waals surface area (Å²) < 4.78 is 20.0. The summed E-state index contributed by atoms with van der Waals surface area (Å²) in [6.07, 6.45) is 3.00. The maximum absolute atomic E-state index is 14.4. The average Bonchev–Trinajstić information content (AvgIpc) is 3.62. The number of carbonyl (C=O) groups excluding carboxylic acids is 1. The van der Waals surface area contributed by atoms with E-state index in [2.05, 4.69) is 4.98 Å². The standard InChI is InChI=1S/C34H37N3O6S/c1-22-26-29(38)37(34(5,6)31(39)43-33(2,3)4)32(40)36(30(26)44-27(22)28-35-17-18-42-28)19-25(24-15-11-8-12-16-24)21-41-20-23-13-9-7-10-14-23/h7-18,25H,19-21H2,1-6H3. The van der Waals surface area contributed by atoms with Crippen LogP contribution in [-0.2, 0) is 33.0 Å². The highest BCUT2D eigenvalue weighted by atomic mass is 32.1. The molecule has 3 aromatic heterocycles. The zero-order valence-electron chi connectivity index (χ0n) is 25.8. The predicted octanol–water partition coefficient (Wildman–Crippen LogP) is 6.27. The molecule has 0 saturated carbocycles. The summed E-state index contributed by atoms with van der Waals surface area (Å²) in [5, 5.41) is 0.330. The lowest BCUT2D eigenvalue weighted by molar-refractivity contribution is -0.164. The second-order valence-electron chi connectivity index (χ2n) is 12.3. The zero-order valence-corrected chi connectivity index (χ0v) is 26.6. The van der Waals surface area contributed by atoms with Gasteiger partial charge in [0.2, 0.25) is 5.89 Å². The Labute approximate surface area is 259 Å². The second-order valence-corrected chi connectivity index (χ2v) is 13.3. The van der Waals surface area contributed by atoms with Crippen molar-refractivity contribution in [3.05, 3.63) is 111 Å². The monoisotopic (exact) mass is 615 g/mol. The summed E-state index contributed by atoms with van der Waals surface area (Å²) in [4.78, 5) is 47.5. The van der Waals surface area contributed by atoms with E-state index >= 15 is 0 Å². The Balaban J connectivity index is 1.67. The minimum absolute atomic E-state index is 0.198. The van der Waals surface area contributed by atoms with Crippen LogP contribution in [0.3, 0.4) is 0 Å². The number of oxazole rings is 1. The van der Waals surface area contributed by atoms with Crippen LogP contribution in [0, 0.1) is 6.92 Å². The number of aryl methyl sites for hydroxylation is 1. The third-order valence-electron chi connectivity index (χ3n) is 7.40. The van der Waals surface area contributed by atoms with E-state index in [9.17, 15) is 14.4 Å². The molecule has 0 amide bonds. The molecule has 0 saturated heterocycles.